The third kappa shape index (κ3) is 3.68. The molecule has 0 saturated carbocycles. The summed E-state index contributed by atoms with van der Waals surface area (Å²) in [6.07, 6.45) is 5.31. The van der Waals surface area contributed by atoms with E-state index in [0.29, 0.717) is 11.7 Å². The third-order valence-electron chi connectivity index (χ3n) is 4.95. The average molecular weight is 357 g/mol. The van der Waals surface area contributed by atoms with Crippen LogP contribution in [-0.2, 0) is 13.1 Å². The Kier molecular flexibility index (Phi) is 4.46. The van der Waals surface area contributed by atoms with Crippen LogP contribution in [-0.4, -0.2) is 43.2 Å². The van der Waals surface area contributed by atoms with Gasteiger partial charge >= 0.3 is 0 Å². The quantitative estimate of drug-likeness (QED) is 0.730. The monoisotopic (exact) mass is 356 g/mol. The number of fused-ring (bicyclic) bond motifs is 1. The maximum Gasteiger partial charge on any atom is 0.129 e. The van der Waals surface area contributed by atoms with E-state index in [-0.39, 0.29) is 0 Å². The highest BCUT2D eigenvalue weighted by Crippen LogP contribution is 2.27. The van der Waals surface area contributed by atoms with E-state index in [2.05, 4.69) is 19.4 Å². The SMILES string of the molecule is OC1(Cn2ccc3nc(Cl)ccc32)CCN(Cc2ccccn2)CC1. The Bertz CT molecular complexity index is 856. The maximum atomic E-state index is 11.0. The molecule has 25 heavy (non-hydrogen) atoms. The van der Waals surface area contributed by atoms with Crippen LogP contribution in [0.15, 0.2) is 48.8 Å². The molecule has 1 N–H and O–H groups in total. The molecule has 0 spiro atoms. The summed E-state index contributed by atoms with van der Waals surface area (Å²) in [5, 5.41) is 11.5. The predicted molar refractivity (Wildman–Crippen MR) is 98.4 cm³/mol. The van der Waals surface area contributed by atoms with Gasteiger partial charge in [-0.2, -0.15) is 0 Å². The van der Waals surface area contributed by atoms with Crippen LogP contribution in [0.25, 0.3) is 11.0 Å². The highest BCUT2D eigenvalue weighted by Gasteiger charge is 2.33. The first-order valence-corrected chi connectivity index (χ1v) is 8.95. The van der Waals surface area contributed by atoms with Crippen LogP contribution in [0.2, 0.25) is 5.15 Å². The number of halogens is 1. The summed E-state index contributed by atoms with van der Waals surface area (Å²) in [5.74, 6) is 0. The molecule has 5 nitrogen and oxygen atoms in total. The Balaban J connectivity index is 1.41. The first kappa shape index (κ1) is 16.5. The van der Waals surface area contributed by atoms with Crippen molar-refractivity contribution in [3.8, 4) is 0 Å². The van der Waals surface area contributed by atoms with E-state index in [1.165, 1.54) is 0 Å². The van der Waals surface area contributed by atoms with E-state index in [4.69, 9.17) is 11.6 Å². The minimum Gasteiger partial charge on any atom is -0.388 e. The number of piperidine rings is 1. The fraction of sp³-hybridized carbons (Fsp3) is 0.368. The number of hydrogen-bond donors (Lipinski definition) is 1. The molecule has 1 aliphatic heterocycles. The van der Waals surface area contributed by atoms with E-state index in [1.807, 2.05) is 42.7 Å². The molecule has 4 heterocycles. The molecule has 0 radical (unpaired) electrons. The van der Waals surface area contributed by atoms with Gasteiger partial charge in [-0.05, 0) is 43.2 Å². The topological polar surface area (TPSA) is 54.2 Å². The van der Waals surface area contributed by atoms with Crippen molar-refractivity contribution >= 4 is 22.6 Å². The van der Waals surface area contributed by atoms with Crippen LogP contribution >= 0.6 is 11.6 Å². The number of hydrogen-bond acceptors (Lipinski definition) is 4. The summed E-state index contributed by atoms with van der Waals surface area (Å²) in [6, 6.07) is 11.7. The number of likely N-dealkylation sites (tertiary alicyclic amines) is 1. The fourth-order valence-electron chi connectivity index (χ4n) is 3.51. The molecule has 0 amide bonds. The molecule has 1 saturated heterocycles. The summed E-state index contributed by atoms with van der Waals surface area (Å²) in [4.78, 5) is 11.1. The normalized spacial score (nSPS) is 17.8. The minimum atomic E-state index is -0.688. The lowest BCUT2D eigenvalue weighted by molar-refractivity contribution is -0.0351. The molecule has 6 heteroatoms. The summed E-state index contributed by atoms with van der Waals surface area (Å²) in [7, 11) is 0. The van der Waals surface area contributed by atoms with E-state index in [0.717, 1.165) is 49.2 Å². The lowest BCUT2D eigenvalue weighted by Gasteiger charge is -2.38. The van der Waals surface area contributed by atoms with Crippen molar-refractivity contribution < 1.29 is 5.11 Å². The van der Waals surface area contributed by atoms with Gasteiger partial charge in [0.2, 0.25) is 0 Å². The molecular weight excluding hydrogens is 336 g/mol. The molecule has 4 rings (SSSR count). The summed E-state index contributed by atoms with van der Waals surface area (Å²) in [5.41, 5.74) is 2.26. The van der Waals surface area contributed by atoms with Crippen LogP contribution in [0.1, 0.15) is 18.5 Å². The largest absolute Gasteiger partial charge is 0.388 e. The van der Waals surface area contributed by atoms with Crippen molar-refractivity contribution in [2.75, 3.05) is 13.1 Å². The molecule has 0 unspecified atom stereocenters. The molecule has 0 aromatic carbocycles. The van der Waals surface area contributed by atoms with E-state index < -0.39 is 5.60 Å². The first-order chi connectivity index (χ1) is 12.1. The molecule has 1 fully saturated rings. The van der Waals surface area contributed by atoms with E-state index >= 15 is 0 Å². The van der Waals surface area contributed by atoms with Gasteiger partial charge < -0.3 is 9.67 Å². The third-order valence-corrected chi connectivity index (χ3v) is 5.16. The van der Waals surface area contributed by atoms with Crippen molar-refractivity contribution in [2.24, 2.45) is 0 Å². The van der Waals surface area contributed by atoms with Crippen molar-refractivity contribution in [2.45, 2.75) is 31.5 Å². The average Bonchev–Trinajstić information content (AvgIpc) is 3.00. The van der Waals surface area contributed by atoms with Crippen LogP contribution in [0, 0.1) is 0 Å². The Morgan fingerprint density at radius 2 is 1.96 bits per heavy atom. The van der Waals surface area contributed by atoms with E-state index in [9.17, 15) is 5.11 Å². The highest BCUT2D eigenvalue weighted by molar-refractivity contribution is 6.29. The predicted octanol–water partition coefficient (Wildman–Crippen LogP) is 3.11. The van der Waals surface area contributed by atoms with Gasteiger partial charge in [-0.3, -0.25) is 9.88 Å². The van der Waals surface area contributed by atoms with Crippen molar-refractivity contribution in [1.82, 2.24) is 19.4 Å². The number of aromatic nitrogens is 3. The van der Waals surface area contributed by atoms with Gasteiger partial charge in [0.05, 0.1) is 28.9 Å². The second-order valence-corrected chi connectivity index (χ2v) is 7.19. The van der Waals surface area contributed by atoms with Crippen LogP contribution in [0.3, 0.4) is 0 Å². The zero-order chi connectivity index (χ0) is 17.3. The smallest absolute Gasteiger partial charge is 0.129 e. The molecule has 3 aromatic heterocycles. The number of aliphatic hydroxyl groups is 1. The fourth-order valence-corrected chi connectivity index (χ4v) is 3.66. The summed E-state index contributed by atoms with van der Waals surface area (Å²) >= 11 is 5.95. The van der Waals surface area contributed by atoms with Gasteiger partial charge in [0.25, 0.3) is 0 Å². The Hall–Kier alpha value is -1.95. The number of pyridine rings is 2. The van der Waals surface area contributed by atoms with Gasteiger partial charge in [0.15, 0.2) is 0 Å². The molecule has 0 aliphatic carbocycles. The van der Waals surface area contributed by atoms with E-state index in [1.54, 1.807) is 6.07 Å². The molecule has 1 aliphatic rings. The van der Waals surface area contributed by atoms with Crippen molar-refractivity contribution in [3.63, 3.8) is 0 Å². The Labute approximate surface area is 151 Å². The molecule has 0 bridgehead atoms. The van der Waals surface area contributed by atoms with Crippen LogP contribution in [0.4, 0.5) is 0 Å². The first-order valence-electron chi connectivity index (χ1n) is 8.57. The Morgan fingerprint density at radius 3 is 2.72 bits per heavy atom. The van der Waals surface area contributed by atoms with Gasteiger partial charge in [0.1, 0.15) is 5.15 Å². The van der Waals surface area contributed by atoms with Gasteiger partial charge in [-0.25, -0.2) is 4.98 Å². The van der Waals surface area contributed by atoms with Crippen molar-refractivity contribution in [3.05, 3.63) is 59.6 Å². The maximum absolute atomic E-state index is 11.0. The molecule has 3 aromatic rings. The lowest BCUT2D eigenvalue weighted by atomic mass is 9.91. The zero-order valence-electron chi connectivity index (χ0n) is 14.0. The number of rotatable bonds is 4. The van der Waals surface area contributed by atoms with Gasteiger partial charge in [0, 0.05) is 32.0 Å². The van der Waals surface area contributed by atoms with Crippen LogP contribution < -0.4 is 0 Å². The molecule has 130 valence electrons. The standard InChI is InChI=1S/C19H21ClN4O/c20-18-5-4-17-16(22-18)6-10-24(17)14-19(25)7-11-23(12-8-19)13-15-3-1-2-9-21-15/h1-6,9-10,25H,7-8,11-14H2. The lowest BCUT2D eigenvalue weighted by Crippen LogP contribution is -2.46. The number of nitrogens with zero attached hydrogens (tertiary/aromatic N) is 4. The van der Waals surface area contributed by atoms with Gasteiger partial charge in [-0.15, -0.1) is 0 Å². The molecule has 0 atom stereocenters. The summed E-state index contributed by atoms with van der Waals surface area (Å²) < 4.78 is 2.08. The van der Waals surface area contributed by atoms with Gasteiger partial charge in [-0.1, -0.05) is 17.7 Å². The summed E-state index contributed by atoms with van der Waals surface area (Å²) in [6.45, 7) is 3.16. The minimum absolute atomic E-state index is 0.492. The molecular formula is C19H21ClN4O. The van der Waals surface area contributed by atoms with Crippen LogP contribution in [0.5, 0.6) is 0 Å². The highest BCUT2D eigenvalue weighted by atomic mass is 35.5. The van der Waals surface area contributed by atoms with Crippen molar-refractivity contribution in [1.29, 1.82) is 0 Å². The Morgan fingerprint density at radius 1 is 1.12 bits per heavy atom. The zero-order valence-corrected chi connectivity index (χ0v) is 14.7. The second kappa shape index (κ2) is 6.75. The second-order valence-electron chi connectivity index (χ2n) is 6.80.